The molecule has 2 nitrogen and oxygen atoms in total. The van der Waals surface area contributed by atoms with E-state index in [-0.39, 0.29) is 0 Å². The highest BCUT2D eigenvalue weighted by atomic mass is 32.1. The van der Waals surface area contributed by atoms with Crippen molar-refractivity contribution in [3.63, 3.8) is 0 Å². The van der Waals surface area contributed by atoms with E-state index in [0.29, 0.717) is 0 Å². The maximum Gasteiger partial charge on any atom is 0.0931 e. The fraction of sp³-hybridized carbons (Fsp3) is 0.769. The van der Waals surface area contributed by atoms with Crippen molar-refractivity contribution in [1.29, 1.82) is 0 Å². The molecular weight excluding hydrogens is 216 g/mol. The molecule has 0 spiro atoms. The van der Waals surface area contributed by atoms with Crippen LogP contribution in [0.4, 0.5) is 0 Å². The summed E-state index contributed by atoms with van der Waals surface area (Å²) in [5.74, 6) is 0. The van der Waals surface area contributed by atoms with E-state index in [9.17, 15) is 0 Å². The van der Waals surface area contributed by atoms with Crippen LogP contribution in [-0.2, 0) is 19.3 Å². The molecule has 0 fully saturated rings. The average Bonchev–Trinajstić information content (AvgIpc) is 2.61. The van der Waals surface area contributed by atoms with Crippen LogP contribution in [0.2, 0.25) is 0 Å². The normalized spacial score (nSPS) is 16.6. The van der Waals surface area contributed by atoms with Crippen LogP contribution in [0.15, 0.2) is 0 Å². The van der Waals surface area contributed by atoms with Gasteiger partial charge in [-0.3, -0.25) is 0 Å². The van der Waals surface area contributed by atoms with Crippen molar-refractivity contribution in [1.82, 2.24) is 4.98 Å². The number of aryl methyl sites for hydroxylation is 3. The average molecular weight is 238 g/mol. The van der Waals surface area contributed by atoms with Crippen molar-refractivity contribution in [3.05, 3.63) is 15.6 Å². The number of hydrogen-bond acceptors (Lipinski definition) is 3. The maximum absolute atomic E-state index is 5.51. The molecule has 0 radical (unpaired) electrons. The molecule has 3 heteroatoms. The van der Waals surface area contributed by atoms with Crippen LogP contribution in [0, 0.1) is 0 Å². The van der Waals surface area contributed by atoms with Crippen LogP contribution in [0.3, 0.4) is 0 Å². The van der Waals surface area contributed by atoms with Gasteiger partial charge < -0.3 is 5.73 Å². The Morgan fingerprint density at radius 3 is 2.69 bits per heavy atom. The van der Waals surface area contributed by atoms with E-state index in [2.05, 4.69) is 0 Å². The second kappa shape index (κ2) is 6.36. The Morgan fingerprint density at radius 2 is 1.88 bits per heavy atom. The maximum atomic E-state index is 5.51. The first-order valence-electron chi connectivity index (χ1n) is 6.57. The Kier molecular flexibility index (Phi) is 4.79. The van der Waals surface area contributed by atoms with Crippen molar-refractivity contribution >= 4 is 11.3 Å². The molecule has 0 saturated carbocycles. The zero-order chi connectivity index (χ0) is 11.2. The first-order chi connectivity index (χ1) is 7.90. The smallest absolute Gasteiger partial charge is 0.0931 e. The van der Waals surface area contributed by atoms with Gasteiger partial charge in [0.2, 0.25) is 0 Å². The lowest BCUT2D eigenvalue weighted by Crippen LogP contribution is -1.99. The molecule has 90 valence electrons. The van der Waals surface area contributed by atoms with Crippen molar-refractivity contribution in [2.75, 3.05) is 6.54 Å². The molecule has 1 aliphatic rings. The third-order valence-corrected chi connectivity index (χ3v) is 4.45. The molecule has 0 atom stereocenters. The number of unbranched alkanes of at least 4 members (excludes halogenated alkanes) is 1. The minimum absolute atomic E-state index is 0.811. The number of thiazole rings is 1. The quantitative estimate of drug-likeness (QED) is 0.819. The first-order valence-corrected chi connectivity index (χ1v) is 7.39. The molecule has 2 N–H and O–H groups in total. The fourth-order valence-electron chi connectivity index (χ4n) is 2.29. The second-order valence-electron chi connectivity index (χ2n) is 4.64. The molecular formula is C13H22N2S. The third kappa shape index (κ3) is 3.29. The monoisotopic (exact) mass is 238 g/mol. The van der Waals surface area contributed by atoms with E-state index in [1.807, 2.05) is 11.3 Å². The van der Waals surface area contributed by atoms with Gasteiger partial charge in [-0.2, -0.15) is 0 Å². The number of rotatable bonds is 4. The Morgan fingerprint density at radius 1 is 1.06 bits per heavy atom. The Hall–Kier alpha value is -0.410. The van der Waals surface area contributed by atoms with Crippen molar-refractivity contribution in [3.8, 4) is 0 Å². The van der Waals surface area contributed by atoms with E-state index in [1.54, 1.807) is 4.88 Å². The number of fused-ring (bicyclic) bond motifs is 1. The number of nitrogens with two attached hydrogens (primary N) is 1. The van der Waals surface area contributed by atoms with E-state index >= 15 is 0 Å². The molecule has 0 bridgehead atoms. The molecule has 1 aromatic rings. The Bertz CT molecular complexity index is 294. The van der Waals surface area contributed by atoms with E-state index in [0.717, 1.165) is 19.4 Å². The lowest BCUT2D eigenvalue weighted by molar-refractivity contribution is 0.614. The summed E-state index contributed by atoms with van der Waals surface area (Å²) in [5, 5.41) is 1.35. The van der Waals surface area contributed by atoms with Gasteiger partial charge in [-0.05, 0) is 51.5 Å². The van der Waals surface area contributed by atoms with Crippen LogP contribution in [-0.4, -0.2) is 11.5 Å². The van der Waals surface area contributed by atoms with E-state index in [4.69, 9.17) is 10.7 Å². The third-order valence-electron chi connectivity index (χ3n) is 3.23. The Balaban J connectivity index is 1.97. The van der Waals surface area contributed by atoms with Gasteiger partial charge in [-0.15, -0.1) is 11.3 Å². The molecule has 2 rings (SSSR count). The zero-order valence-corrected chi connectivity index (χ0v) is 10.8. The summed E-state index contributed by atoms with van der Waals surface area (Å²) in [4.78, 5) is 6.37. The van der Waals surface area contributed by atoms with Gasteiger partial charge in [0.15, 0.2) is 0 Å². The van der Waals surface area contributed by atoms with Gasteiger partial charge in [0.25, 0.3) is 0 Å². The van der Waals surface area contributed by atoms with Gasteiger partial charge in [-0.1, -0.05) is 12.8 Å². The Labute approximate surface area is 102 Å². The molecule has 0 unspecified atom stereocenters. The van der Waals surface area contributed by atoms with Crippen LogP contribution >= 0.6 is 11.3 Å². The van der Waals surface area contributed by atoms with Crippen molar-refractivity contribution < 1.29 is 0 Å². The minimum Gasteiger partial charge on any atom is -0.330 e. The predicted octanol–water partition coefficient (Wildman–Crippen LogP) is 3.08. The number of hydrogen-bond donors (Lipinski definition) is 1. The summed E-state index contributed by atoms with van der Waals surface area (Å²) in [6.45, 7) is 0.811. The van der Waals surface area contributed by atoms with Gasteiger partial charge in [-0.25, -0.2) is 4.98 Å². The highest BCUT2D eigenvalue weighted by Crippen LogP contribution is 2.26. The molecule has 1 aromatic heterocycles. The van der Waals surface area contributed by atoms with Crippen LogP contribution in [0.5, 0.6) is 0 Å². The van der Waals surface area contributed by atoms with Gasteiger partial charge in [0, 0.05) is 4.88 Å². The standard InChI is InChI=1S/C13H22N2S/c14-10-6-5-9-13-15-11-7-3-1-2-4-8-12(11)16-13/h1-10,14H2. The summed E-state index contributed by atoms with van der Waals surface area (Å²) in [7, 11) is 0. The topological polar surface area (TPSA) is 38.9 Å². The van der Waals surface area contributed by atoms with Crippen molar-refractivity contribution in [2.24, 2.45) is 5.73 Å². The SMILES string of the molecule is NCCCCc1nc2c(s1)CCCCCC2. The van der Waals surface area contributed by atoms with E-state index in [1.165, 1.54) is 55.6 Å². The lowest BCUT2D eigenvalue weighted by Gasteiger charge is -2.06. The summed E-state index contributed by atoms with van der Waals surface area (Å²) in [6, 6.07) is 0. The van der Waals surface area contributed by atoms with Crippen LogP contribution in [0.25, 0.3) is 0 Å². The zero-order valence-electron chi connectivity index (χ0n) is 10.0. The summed E-state index contributed by atoms with van der Waals surface area (Å²) < 4.78 is 0. The lowest BCUT2D eigenvalue weighted by atomic mass is 10.0. The van der Waals surface area contributed by atoms with Crippen molar-refractivity contribution in [2.45, 2.75) is 57.8 Å². The molecule has 0 saturated heterocycles. The molecule has 1 aliphatic carbocycles. The van der Waals surface area contributed by atoms with Gasteiger partial charge in [0.05, 0.1) is 10.7 Å². The van der Waals surface area contributed by atoms with E-state index < -0.39 is 0 Å². The first kappa shape index (κ1) is 12.1. The van der Waals surface area contributed by atoms with Gasteiger partial charge >= 0.3 is 0 Å². The summed E-state index contributed by atoms with van der Waals surface area (Å²) >= 11 is 1.96. The van der Waals surface area contributed by atoms with Crippen LogP contribution < -0.4 is 5.73 Å². The largest absolute Gasteiger partial charge is 0.330 e. The second-order valence-corrected chi connectivity index (χ2v) is 5.81. The molecule has 0 amide bonds. The predicted molar refractivity (Wildman–Crippen MR) is 70.0 cm³/mol. The highest BCUT2D eigenvalue weighted by Gasteiger charge is 2.12. The molecule has 0 aliphatic heterocycles. The number of nitrogens with zero attached hydrogens (tertiary/aromatic N) is 1. The van der Waals surface area contributed by atoms with Gasteiger partial charge in [0.1, 0.15) is 0 Å². The summed E-state index contributed by atoms with van der Waals surface area (Å²) in [6.07, 6.45) is 11.4. The molecule has 1 heterocycles. The highest BCUT2D eigenvalue weighted by molar-refractivity contribution is 7.11. The fourth-order valence-corrected chi connectivity index (χ4v) is 3.49. The summed E-state index contributed by atoms with van der Waals surface area (Å²) in [5.41, 5.74) is 6.92. The minimum atomic E-state index is 0.811. The number of aromatic nitrogens is 1. The molecule has 16 heavy (non-hydrogen) atoms. The molecule has 0 aromatic carbocycles. The van der Waals surface area contributed by atoms with Crippen LogP contribution in [0.1, 0.15) is 54.1 Å².